The quantitative estimate of drug-likeness (QED) is 0.192. The van der Waals surface area contributed by atoms with Crippen LogP contribution in [0.3, 0.4) is 0 Å². The van der Waals surface area contributed by atoms with E-state index in [1.54, 1.807) is 24.4 Å². The maximum atomic E-state index is 13.0. The van der Waals surface area contributed by atoms with E-state index in [1.807, 2.05) is 64.1 Å². The Morgan fingerprint density at radius 2 is 1.70 bits per heavy atom. The van der Waals surface area contributed by atoms with Crippen LogP contribution in [0.15, 0.2) is 99.4 Å². The van der Waals surface area contributed by atoms with E-state index in [2.05, 4.69) is 49.7 Å². The van der Waals surface area contributed by atoms with E-state index in [1.165, 1.54) is 17.7 Å². The summed E-state index contributed by atoms with van der Waals surface area (Å²) in [5.74, 6) is 2.47. The van der Waals surface area contributed by atoms with Gasteiger partial charge in [0, 0.05) is 48.8 Å². The number of rotatable bonds is 10. The summed E-state index contributed by atoms with van der Waals surface area (Å²) in [5.41, 5.74) is 4.97. The largest absolute Gasteiger partial charge is 0.366 e. The fourth-order valence-corrected chi connectivity index (χ4v) is 5.19. The molecular weight excluding hydrogens is 557 g/mol. The molecule has 6 nitrogen and oxygen atoms in total. The average molecular weight is 602 g/mol. The van der Waals surface area contributed by atoms with Gasteiger partial charge in [-0.1, -0.05) is 49.6 Å². The molecule has 1 aliphatic rings. The molecule has 0 spiro atoms. The highest BCUT2D eigenvalue weighted by Crippen LogP contribution is 2.20. The summed E-state index contributed by atoms with van der Waals surface area (Å²) in [6.45, 7) is 14.1. The first-order valence-electron chi connectivity index (χ1n) is 14.5. The zero-order valence-corrected chi connectivity index (χ0v) is 26.5. The van der Waals surface area contributed by atoms with Crippen LogP contribution in [0, 0.1) is 25.1 Å². The van der Waals surface area contributed by atoms with E-state index < -0.39 is 11.0 Å². The first-order chi connectivity index (χ1) is 20.9. The lowest BCUT2D eigenvalue weighted by Crippen LogP contribution is -2.42. The van der Waals surface area contributed by atoms with Crippen LogP contribution in [0.1, 0.15) is 50.3 Å². The van der Waals surface area contributed by atoms with Gasteiger partial charge in [0.05, 0.1) is 4.90 Å². The Morgan fingerprint density at radius 1 is 1.07 bits per heavy atom. The molecular formula is C35H44FN5OS. The second-order valence-electron chi connectivity index (χ2n) is 9.63. The number of aliphatic imine (C=N–C) groups is 2. The maximum Gasteiger partial charge on any atom is 0.127 e. The predicted molar refractivity (Wildman–Crippen MR) is 181 cm³/mol. The van der Waals surface area contributed by atoms with Crippen molar-refractivity contribution in [2.24, 2.45) is 9.98 Å². The van der Waals surface area contributed by atoms with Crippen molar-refractivity contribution in [3.8, 4) is 12.3 Å². The third-order valence-corrected chi connectivity index (χ3v) is 8.03. The second-order valence-corrected chi connectivity index (χ2v) is 11.1. The number of benzene rings is 3. The molecule has 3 aromatic carbocycles. The third kappa shape index (κ3) is 13.3. The van der Waals surface area contributed by atoms with Crippen LogP contribution >= 0.6 is 0 Å². The monoisotopic (exact) mass is 601 g/mol. The number of anilines is 1. The van der Waals surface area contributed by atoms with Crippen LogP contribution in [-0.4, -0.2) is 47.2 Å². The summed E-state index contributed by atoms with van der Waals surface area (Å²) in [6.07, 6.45) is 10.9. The summed E-state index contributed by atoms with van der Waals surface area (Å²) < 4.78 is 27.1. The van der Waals surface area contributed by atoms with Gasteiger partial charge in [-0.05, 0) is 93.6 Å². The lowest BCUT2D eigenvalue weighted by molar-refractivity contribution is 0.299. The Labute approximate surface area is 259 Å². The SMILES string of the molecule is C#Cc1ccc(CNC2CCN(S(=O)c3ccc(NC/N=C\C=C(\C)N=C)cc3)CC2)cc1.CC.Cc1ccc(F)cc1. The van der Waals surface area contributed by atoms with Crippen molar-refractivity contribution in [1.29, 1.82) is 0 Å². The minimum Gasteiger partial charge on any atom is -0.366 e. The van der Waals surface area contributed by atoms with Crippen molar-refractivity contribution in [3.05, 3.63) is 107 Å². The van der Waals surface area contributed by atoms with Crippen molar-refractivity contribution in [2.75, 3.05) is 25.1 Å². The number of halogens is 1. The number of nitrogens with zero attached hydrogens (tertiary/aromatic N) is 3. The van der Waals surface area contributed by atoms with Crippen LogP contribution in [-0.2, 0) is 17.5 Å². The number of piperidine rings is 1. The van der Waals surface area contributed by atoms with E-state index in [9.17, 15) is 8.60 Å². The van der Waals surface area contributed by atoms with Crippen molar-refractivity contribution < 1.29 is 8.60 Å². The molecule has 0 saturated carbocycles. The predicted octanol–water partition coefficient (Wildman–Crippen LogP) is 7.15. The normalized spacial score (nSPS) is 14.5. The molecule has 1 heterocycles. The Hall–Kier alpha value is -3.90. The number of allylic oxidation sites excluding steroid dienone is 2. The van der Waals surface area contributed by atoms with Crippen LogP contribution in [0.4, 0.5) is 10.1 Å². The molecule has 2 N–H and O–H groups in total. The molecule has 1 saturated heterocycles. The van der Waals surface area contributed by atoms with E-state index in [0.717, 1.165) is 59.9 Å². The summed E-state index contributed by atoms with van der Waals surface area (Å²) in [5, 5.41) is 6.83. The Bertz CT molecular complexity index is 1330. The Balaban J connectivity index is 0.000000550. The molecule has 1 fully saturated rings. The minimum absolute atomic E-state index is 0.171. The average Bonchev–Trinajstić information content (AvgIpc) is 3.06. The van der Waals surface area contributed by atoms with Gasteiger partial charge in [-0.15, -0.1) is 6.42 Å². The smallest absolute Gasteiger partial charge is 0.127 e. The van der Waals surface area contributed by atoms with Crippen LogP contribution in [0.25, 0.3) is 0 Å². The molecule has 0 amide bonds. The fourth-order valence-electron chi connectivity index (χ4n) is 3.98. The molecule has 228 valence electrons. The molecule has 0 bridgehead atoms. The lowest BCUT2D eigenvalue weighted by atomic mass is 10.1. The molecule has 4 rings (SSSR count). The lowest BCUT2D eigenvalue weighted by Gasteiger charge is -2.31. The van der Waals surface area contributed by atoms with Crippen molar-refractivity contribution in [1.82, 2.24) is 9.62 Å². The van der Waals surface area contributed by atoms with Gasteiger partial charge >= 0.3 is 0 Å². The first-order valence-corrected chi connectivity index (χ1v) is 15.6. The van der Waals surface area contributed by atoms with Gasteiger partial charge < -0.3 is 10.6 Å². The van der Waals surface area contributed by atoms with Gasteiger partial charge in [0.2, 0.25) is 0 Å². The Kier molecular flexibility index (Phi) is 16.5. The molecule has 3 aromatic rings. The summed E-state index contributed by atoms with van der Waals surface area (Å²) in [6, 6.07) is 22.6. The van der Waals surface area contributed by atoms with Crippen LogP contribution in [0.2, 0.25) is 0 Å². The topological polar surface area (TPSA) is 69.1 Å². The van der Waals surface area contributed by atoms with Gasteiger partial charge in [0.15, 0.2) is 0 Å². The van der Waals surface area contributed by atoms with Crippen LogP contribution in [0.5, 0.6) is 0 Å². The molecule has 1 aliphatic heterocycles. The molecule has 8 heteroatoms. The summed E-state index contributed by atoms with van der Waals surface area (Å²) >= 11 is 0. The van der Waals surface area contributed by atoms with Crippen molar-refractivity contribution >= 4 is 29.6 Å². The number of aryl methyl sites for hydroxylation is 1. The molecule has 1 unspecified atom stereocenters. The van der Waals surface area contributed by atoms with E-state index in [0.29, 0.717) is 12.7 Å². The summed E-state index contributed by atoms with van der Waals surface area (Å²) in [7, 11) is -1.15. The van der Waals surface area contributed by atoms with Crippen LogP contribution < -0.4 is 10.6 Å². The first kappa shape index (κ1) is 35.3. The van der Waals surface area contributed by atoms with Gasteiger partial charge in [0.25, 0.3) is 0 Å². The zero-order chi connectivity index (χ0) is 31.5. The number of nitrogens with one attached hydrogen (secondary N) is 2. The van der Waals surface area contributed by atoms with E-state index >= 15 is 0 Å². The maximum absolute atomic E-state index is 13.0. The number of hydrogen-bond donors (Lipinski definition) is 2. The van der Waals surface area contributed by atoms with Crippen molar-refractivity contribution in [2.45, 2.75) is 58.0 Å². The fraction of sp³-hybridized carbons (Fsp3) is 0.314. The van der Waals surface area contributed by atoms with Gasteiger partial charge in [-0.2, -0.15) is 0 Å². The molecule has 1 atom stereocenters. The van der Waals surface area contributed by atoms with Gasteiger partial charge in [-0.3, -0.25) is 9.98 Å². The zero-order valence-electron chi connectivity index (χ0n) is 25.7. The molecule has 0 aromatic heterocycles. The molecule has 0 radical (unpaired) electrons. The third-order valence-electron chi connectivity index (χ3n) is 6.52. The van der Waals surface area contributed by atoms with Crippen molar-refractivity contribution in [3.63, 3.8) is 0 Å². The highest BCUT2D eigenvalue weighted by atomic mass is 32.2. The molecule has 0 aliphatic carbocycles. The number of hydrogen-bond acceptors (Lipinski definition) is 5. The minimum atomic E-state index is -1.15. The Morgan fingerprint density at radius 3 is 2.26 bits per heavy atom. The standard InChI is InChI=1S/C26H31N5OS.C7H7F.C2H6/c1-4-22-5-7-23(8-6-22)19-29-25-14-17-31(18-15-25)33(32)26-11-9-24(10-12-26)30-20-28-16-13-21(2)27-3;1-6-2-4-7(8)5-3-6;1-2/h1,5-13,16,25,29-30H,3,14-15,17-20H2,2H3;2-5H,1H3;1-2H3/b21-13-,28-16-;;. The highest BCUT2D eigenvalue weighted by molar-refractivity contribution is 7.82. The second kappa shape index (κ2) is 20.1. The van der Waals surface area contributed by atoms with Gasteiger partial charge in [-0.25, -0.2) is 12.9 Å². The van der Waals surface area contributed by atoms with E-state index in [4.69, 9.17) is 6.42 Å². The van der Waals surface area contributed by atoms with Gasteiger partial charge in [0.1, 0.15) is 23.5 Å². The highest BCUT2D eigenvalue weighted by Gasteiger charge is 2.23. The summed E-state index contributed by atoms with van der Waals surface area (Å²) in [4.78, 5) is 8.87. The molecule has 43 heavy (non-hydrogen) atoms. The number of terminal acetylenes is 1. The van der Waals surface area contributed by atoms with E-state index in [-0.39, 0.29) is 5.82 Å².